The number of esters is 1. The van der Waals surface area contributed by atoms with Crippen LogP contribution in [-0.4, -0.2) is 41.9 Å². The first-order valence-corrected chi connectivity index (χ1v) is 7.58. The molecular formula is C18H17NO7. The number of nitrogens with one attached hydrogen (secondary N) is 1. The summed E-state index contributed by atoms with van der Waals surface area (Å²) in [6.07, 6.45) is -0.115. The SMILES string of the molecule is COC(=O)c1c(OCCC(=O)NO)cccc1-c1cccc(C(=O)O)c1. The molecule has 0 radical (unpaired) electrons. The molecule has 0 aliphatic heterocycles. The van der Waals surface area contributed by atoms with Gasteiger partial charge in [0.15, 0.2) is 0 Å². The van der Waals surface area contributed by atoms with E-state index in [9.17, 15) is 14.4 Å². The molecule has 3 N–H and O–H groups in total. The maximum absolute atomic E-state index is 12.3. The van der Waals surface area contributed by atoms with Gasteiger partial charge in [0, 0.05) is 0 Å². The first-order chi connectivity index (χ1) is 12.5. The zero-order valence-corrected chi connectivity index (χ0v) is 13.9. The number of benzene rings is 2. The number of rotatable bonds is 7. The molecule has 0 aromatic heterocycles. The summed E-state index contributed by atoms with van der Waals surface area (Å²) in [5, 5.41) is 17.7. The van der Waals surface area contributed by atoms with Gasteiger partial charge in [-0.1, -0.05) is 24.3 Å². The molecule has 0 aliphatic rings. The van der Waals surface area contributed by atoms with E-state index in [4.69, 9.17) is 19.8 Å². The molecule has 0 fully saturated rings. The molecule has 2 aromatic carbocycles. The Labute approximate surface area is 148 Å². The highest BCUT2D eigenvalue weighted by molar-refractivity contribution is 6.01. The van der Waals surface area contributed by atoms with Gasteiger partial charge in [-0.3, -0.25) is 10.0 Å². The fourth-order valence-electron chi connectivity index (χ4n) is 2.33. The molecular weight excluding hydrogens is 342 g/mol. The van der Waals surface area contributed by atoms with Crippen molar-refractivity contribution in [3.05, 3.63) is 53.6 Å². The number of carbonyl (C=O) groups is 3. The molecule has 8 heteroatoms. The molecule has 0 spiro atoms. The minimum atomic E-state index is -1.09. The van der Waals surface area contributed by atoms with Crippen LogP contribution < -0.4 is 10.2 Å². The quantitative estimate of drug-likeness (QED) is 0.393. The fourth-order valence-corrected chi connectivity index (χ4v) is 2.33. The van der Waals surface area contributed by atoms with Crippen LogP contribution in [0.25, 0.3) is 11.1 Å². The van der Waals surface area contributed by atoms with Crippen LogP contribution in [0.1, 0.15) is 27.1 Å². The Bertz CT molecular complexity index is 832. The minimum absolute atomic E-state index is 0.0734. The summed E-state index contributed by atoms with van der Waals surface area (Å²) < 4.78 is 10.3. The Morgan fingerprint density at radius 3 is 2.50 bits per heavy atom. The summed E-state index contributed by atoms with van der Waals surface area (Å²) in [4.78, 5) is 34.5. The molecule has 0 saturated heterocycles. The van der Waals surface area contributed by atoms with Crippen LogP contribution in [0, 0.1) is 0 Å². The lowest BCUT2D eigenvalue weighted by atomic mass is 9.97. The van der Waals surface area contributed by atoms with Crippen molar-refractivity contribution < 1.29 is 34.2 Å². The molecule has 0 bridgehead atoms. The number of carboxylic acid groups (broad SMARTS) is 1. The van der Waals surface area contributed by atoms with E-state index in [1.807, 2.05) is 0 Å². The largest absolute Gasteiger partial charge is 0.492 e. The van der Waals surface area contributed by atoms with Gasteiger partial charge in [-0.2, -0.15) is 0 Å². The van der Waals surface area contributed by atoms with Crippen molar-refractivity contribution in [1.29, 1.82) is 0 Å². The predicted octanol–water partition coefficient (Wildman–Crippen LogP) is 2.11. The number of hydroxylamine groups is 1. The minimum Gasteiger partial charge on any atom is -0.492 e. The fraction of sp³-hybridized carbons (Fsp3) is 0.167. The smallest absolute Gasteiger partial charge is 0.342 e. The first kappa shape index (κ1) is 18.9. The number of carboxylic acids is 1. The number of methoxy groups -OCH3 is 1. The molecule has 1 amide bonds. The maximum Gasteiger partial charge on any atom is 0.342 e. The van der Waals surface area contributed by atoms with Crippen molar-refractivity contribution in [3.63, 3.8) is 0 Å². The Morgan fingerprint density at radius 1 is 1.12 bits per heavy atom. The van der Waals surface area contributed by atoms with Gasteiger partial charge in [0.1, 0.15) is 11.3 Å². The Morgan fingerprint density at radius 2 is 1.85 bits per heavy atom. The molecule has 26 heavy (non-hydrogen) atoms. The van der Waals surface area contributed by atoms with Gasteiger partial charge in [0.05, 0.1) is 25.7 Å². The molecule has 0 atom stereocenters. The highest BCUT2D eigenvalue weighted by Gasteiger charge is 2.20. The lowest BCUT2D eigenvalue weighted by Crippen LogP contribution is -2.21. The molecule has 2 aromatic rings. The molecule has 8 nitrogen and oxygen atoms in total. The number of ether oxygens (including phenoxy) is 2. The molecule has 136 valence electrons. The lowest BCUT2D eigenvalue weighted by Gasteiger charge is -2.14. The van der Waals surface area contributed by atoms with Crippen LogP contribution in [0.3, 0.4) is 0 Å². The average molecular weight is 359 g/mol. The van der Waals surface area contributed by atoms with Gasteiger partial charge in [-0.25, -0.2) is 15.1 Å². The Kier molecular flexibility index (Phi) is 6.29. The van der Waals surface area contributed by atoms with Crippen LogP contribution >= 0.6 is 0 Å². The van der Waals surface area contributed by atoms with Gasteiger partial charge < -0.3 is 14.6 Å². The Balaban J connectivity index is 2.44. The van der Waals surface area contributed by atoms with Crippen LogP contribution in [0.4, 0.5) is 0 Å². The van der Waals surface area contributed by atoms with Crippen molar-refractivity contribution in [3.8, 4) is 16.9 Å². The topological polar surface area (TPSA) is 122 Å². The summed E-state index contributed by atoms with van der Waals surface area (Å²) in [5.74, 6) is -2.20. The maximum atomic E-state index is 12.3. The monoisotopic (exact) mass is 359 g/mol. The number of carbonyl (C=O) groups excluding carboxylic acids is 2. The molecule has 0 saturated carbocycles. The normalized spacial score (nSPS) is 10.1. The summed E-state index contributed by atoms with van der Waals surface area (Å²) in [5.41, 5.74) is 2.61. The van der Waals surface area contributed by atoms with Crippen LogP contribution in [0.5, 0.6) is 5.75 Å². The van der Waals surface area contributed by atoms with E-state index in [2.05, 4.69) is 0 Å². The van der Waals surface area contributed by atoms with E-state index in [-0.39, 0.29) is 29.9 Å². The molecule has 0 aliphatic carbocycles. The van der Waals surface area contributed by atoms with Crippen LogP contribution in [0.2, 0.25) is 0 Å². The summed E-state index contributed by atoms with van der Waals surface area (Å²) in [7, 11) is 1.22. The third-order valence-electron chi connectivity index (χ3n) is 3.55. The second-order valence-corrected chi connectivity index (χ2v) is 5.19. The summed E-state index contributed by atoms with van der Waals surface area (Å²) >= 11 is 0. The number of aromatic carboxylic acids is 1. The van der Waals surface area contributed by atoms with E-state index >= 15 is 0 Å². The second-order valence-electron chi connectivity index (χ2n) is 5.19. The van der Waals surface area contributed by atoms with Crippen molar-refractivity contribution >= 4 is 17.8 Å². The molecule has 0 heterocycles. The van der Waals surface area contributed by atoms with Crippen molar-refractivity contribution in [1.82, 2.24) is 5.48 Å². The van der Waals surface area contributed by atoms with Gasteiger partial charge in [-0.15, -0.1) is 0 Å². The van der Waals surface area contributed by atoms with Crippen molar-refractivity contribution in [2.45, 2.75) is 6.42 Å². The summed E-state index contributed by atoms with van der Waals surface area (Å²) in [6, 6.07) is 10.9. The average Bonchev–Trinajstić information content (AvgIpc) is 2.67. The van der Waals surface area contributed by atoms with E-state index in [0.29, 0.717) is 11.1 Å². The standard InChI is InChI=1S/C18H17NO7/c1-25-18(23)16-13(11-4-2-5-12(10-11)17(21)22)6-3-7-14(16)26-9-8-15(20)19-24/h2-7,10,24H,8-9H2,1H3,(H,19,20)(H,21,22). The molecule has 2 rings (SSSR count). The Hall–Kier alpha value is -3.39. The summed E-state index contributed by atoms with van der Waals surface area (Å²) in [6.45, 7) is -0.0744. The van der Waals surface area contributed by atoms with Gasteiger partial charge in [0.2, 0.25) is 5.91 Å². The van der Waals surface area contributed by atoms with E-state index in [1.54, 1.807) is 24.3 Å². The van der Waals surface area contributed by atoms with E-state index < -0.39 is 17.8 Å². The van der Waals surface area contributed by atoms with Gasteiger partial charge in [0.25, 0.3) is 0 Å². The number of hydrogen-bond acceptors (Lipinski definition) is 6. The first-order valence-electron chi connectivity index (χ1n) is 7.58. The lowest BCUT2D eigenvalue weighted by molar-refractivity contribution is -0.129. The van der Waals surface area contributed by atoms with Gasteiger partial charge in [-0.05, 0) is 29.3 Å². The van der Waals surface area contributed by atoms with Crippen LogP contribution in [0.15, 0.2) is 42.5 Å². The zero-order chi connectivity index (χ0) is 19.1. The number of hydrogen-bond donors (Lipinski definition) is 3. The molecule has 0 unspecified atom stereocenters. The third kappa shape index (κ3) is 4.37. The van der Waals surface area contributed by atoms with Crippen LogP contribution in [-0.2, 0) is 9.53 Å². The number of amides is 1. The van der Waals surface area contributed by atoms with E-state index in [0.717, 1.165) is 0 Å². The highest BCUT2D eigenvalue weighted by Crippen LogP contribution is 2.32. The van der Waals surface area contributed by atoms with Gasteiger partial charge >= 0.3 is 11.9 Å². The highest BCUT2D eigenvalue weighted by atomic mass is 16.5. The second kappa shape index (κ2) is 8.63. The van der Waals surface area contributed by atoms with E-state index in [1.165, 1.54) is 30.8 Å². The zero-order valence-electron chi connectivity index (χ0n) is 13.9. The predicted molar refractivity (Wildman–Crippen MR) is 90.2 cm³/mol. The third-order valence-corrected chi connectivity index (χ3v) is 3.55. The van der Waals surface area contributed by atoms with Crippen molar-refractivity contribution in [2.24, 2.45) is 0 Å². The van der Waals surface area contributed by atoms with Crippen molar-refractivity contribution in [2.75, 3.05) is 13.7 Å².